The van der Waals surface area contributed by atoms with E-state index in [2.05, 4.69) is 5.32 Å². The van der Waals surface area contributed by atoms with E-state index in [0.717, 1.165) is 16.7 Å². The first-order chi connectivity index (χ1) is 13.0. The van der Waals surface area contributed by atoms with Gasteiger partial charge in [0, 0.05) is 17.0 Å². The van der Waals surface area contributed by atoms with Crippen molar-refractivity contribution in [3.63, 3.8) is 0 Å². The summed E-state index contributed by atoms with van der Waals surface area (Å²) in [6, 6.07) is 23.5. The summed E-state index contributed by atoms with van der Waals surface area (Å²) in [7, 11) is 0. The van der Waals surface area contributed by atoms with Crippen molar-refractivity contribution >= 4 is 23.4 Å². The zero-order valence-electron chi connectivity index (χ0n) is 14.6. The number of hydrogen-bond donors (Lipinski definition) is 2. The summed E-state index contributed by atoms with van der Waals surface area (Å²) in [6.07, 6.45) is 0.323. The van der Waals surface area contributed by atoms with Gasteiger partial charge in [-0.15, -0.1) is 0 Å². The zero-order chi connectivity index (χ0) is 19.2. The van der Waals surface area contributed by atoms with Gasteiger partial charge in [0.05, 0.1) is 0 Å². The number of primary amides is 1. The zero-order valence-corrected chi connectivity index (χ0v) is 15.3. The number of nitrogens with one attached hydrogen (secondary N) is 1. The molecule has 1 atom stereocenters. The first kappa shape index (κ1) is 18.7. The molecular formula is C22H19ClN2O2. The lowest BCUT2D eigenvalue weighted by molar-refractivity contribution is -0.119. The Morgan fingerprint density at radius 1 is 0.852 bits per heavy atom. The van der Waals surface area contributed by atoms with Crippen LogP contribution < -0.4 is 11.1 Å². The Morgan fingerprint density at radius 2 is 1.44 bits per heavy atom. The number of rotatable bonds is 6. The molecule has 0 aromatic heterocycles. The van der Waals surface area contributed by atoms with Gasteiger partial charge < -0.3 is 11.1 Å². The van der Waals surface area contributed by atoms with Crippen LogP contribution in [0, 0.1) is 0 Å². The van der Waals surface area contributed by atoms with E-state index in [1.54, 1.807) is 24.3 Å². The quantitative estimate of drug-likeness (QED) is 0.684. The molecule has 0 saturated heterocycles. The van der Waals surface area contributed by atoms with E-state index < -0.39 is 11.9 Å². The Kier molecular flexibility index (Phi) is 5.89. The smallest absolute Gasteiger partial charge is 0.251 e. The molecule has 0 spiro atoms. The van der Waals surface area contributed by atoms with Gasteiger partial charge in [-0.3, -0.25) is 9.59 Å². The van der Waals surface area contributed by atoms with Crippen molar-refractivity contribution in [3.8, 4) is 11.1 Å². The molecule has 136 valence electrons. The molecule has 0 radical (unpaired) electrons. The SMILES string of the molecule is NC(=O)[C@@H](Cc1ccc(-c2ccccc2)cc1)NC(=O)c1ccc(Cl)cc1. The van der Waals surface area contributed by atoms with Crippen molar-refractivity contribution in [3.05, 3.63) is 95.0 Å². The molecule has 0 aliphatic rings. The third-order valence-corrected chi connectivity index (χ3v) is 4.51. The van der Waals surface area contributed by atoms with Crippen LogP contribution in [0.2, 0.25) is 5.02 Å². The molecule has 3 N–H and O–H groups in total. The fourth-order valence-corrected chi connectivity index (χ4v) is 2.89. The summed E-state index contributed by atoms with van der Waals surface area (Å²) in [5.74, 6) is -0.944. The third kappa shape index (κ3) is 4.96. The number of halogens is 1. The number of carbonyl (C=O) groups excluding carboxylic acids is 2. The lowest BCUT2D eigenvalue weighted by Gasteiger charge is -2.16. The van der Waals surface area contributed by atoms with Crippen LogP contribution in [0.3, 0.4) is 0 Å². The van der Waals surface area contributed by atoms with Crippen molar-refractivity contribution < 1.29 is 9.59 Å². The van der Waals surface area contributed by atoms with Gasteiger partial charge >= 0.3 is 0 Å². The van der Waals surface area contributed by atoms with Crippen molar-refractivity contribution in [2.24, 2.45) is 5.73 Å². The molecule has 3 aromatic rings. The summed E-state index contributed by atoms with van der Waals surface area (Å²) in [5, 5.41) is 3.23. The van der Waals surface area contributed by atoms with Crippen molar-refractivity contribution in [2.75, 3.05) is 0 Å². The second-order valence-electron chi connectivity index (χ2n) is 6.20. The van der Waals surface area contributed by atoms with Crippen molar-refractivity contribution in [2.45, 2.75) is 12.5 Å². The fourth-order valence-electron chi connectivity index (χ4n) is 2.77. The number of amides is 2. The molecule has 0 bridgehead atoms. The van der Waals surface area contributed by atoms with Crippen LogP contribution in [0.25, 0.3) is 11.1 Å². The number of carbonyl (C=O) groups is 2. The molecule has 4 nitrogen and oxygen atoms in total. The minimum Gasteiger partial charge on any atom is -0.368 e. The van der Waals surface area contributed by atoms with Gasteiger partial charge in [-0.2, -0.15) is 0 Å². The van der Waals surface area contributed by atoms with E-state index in [1.165, 1.54) is 0 Å². The van der Waals surface area contributed by atoms with Gasteiger partial charge in [0.1, 0.15) is 6.04 Å². The highest BCUT2D eigenvalue weighted by Crippen LogP contribution is 2.20. The maximum atomic E-state index is 12.3. The third-order valence-electron chi connectivity index (χ3n) is 4.26. The number of hydrogen-bond acceptors (Lipinski definition) is 2. The van der Waals surface area contributed by atoms with E-state index in [-0.39, 0.29) is 5.91 Å². The topological polar surface area (TPSA) is 72.2 Å². The second-order valence-corrected chi connectivity index (χ2v) is 6.64. The average molecular weight is 379 g/mol. The maximum Gasteiger partial charge on any atom is 0.251 e. The normalized spacial score (nSPS) is 11.6. The van der Waals surface area contributed by atoms with E-state index in [9.17, 15) is 9.59 Å². The van der Waals surface area contributed by atoms with E-state index in [1.807, 2.05) is 54.6 Å². The van der Waals surface area contributed by atoms with Gasteiger partial charge in [0.2, 0.25) is 5.91 Å². The van der Waals surface area contributed by atoms with Crippen molar-refractivity contribution in [1.29, 1.82) is 0 Å². The number of benzene rings is 3. The fraction of sp³-hybridized carbons (Fsp3) is 0.0909. The van der Waals surface area contributed by atoms with Crippen molar-refractivity contribution in [1.82, 2.24) is 5.32 Å². The molecule has 0 heterocycles. The largest absolute Gasteiger partial charge is 0.368 e. The summed E-state index contributed by atoms with van der Waals surface area (Å²) in [6.45, 7) is 0. The Morgan fingerprint density at radius 3 is 2.04 bits per heavy atom. The molecule has 27 heavy (non-hydrogen) atoms. The molecule has 0 aliphatic heterocycles. The van der Waals surface area contributed by atoms with Crippen LogP contribution in [-0.4, -0.2) is 17.9 Å². The van der Waals surface area contributed by atoms with Crippen LogP contribution in [0.1, 0.15) is 15.9 Å². The summed E-state index contributed by atoms with van der Waals surface area (Å²) < 4.78 is 0. The molecule has 2 amide bonds. The van der Waals surface area contributed by atoms with Crippen LogP contribution in [-0.2, 0) is 11.2 Å². The standard InChI is InChI=1S/C22H19ClN2O2/c23-19-12-10-18(11-13-19)22(27)25-20(21(24)26)14-15-6-8-17(9-7-15)16-4-2-1-3-5-16/h1-13,20H,14H2,(H2,24,26)(H,25,27)/t20-/m1/s1. The van der Waals surface area contributed by atoms with Crippen LogP contribution in [0.15, 0.2) is 78.9 Å². The van der Waals surface area contributed by atoms with Gasteiger partial charge in [-0.05, 0) is 41.0 Å². The molecule has 0 fully saturated rings. The first-order valence-electron chi connectivity index (χ1n) is 8.53. The highest BCUT2D eigenvalue weighted by molar-refractivity contribution is 6.30. The minimum atomic E-state index is -0.796. The average Bonchev–Trinajstić information content (AvgIpc) is 2.69. The highest BCUT2D eigenvalue weighted by Gasteiger charge is 2.19. The molecular weight excluding hydrogens is 360 g/mol. The monoisotopic (exact) mass is 378 g/mol. The molecule has 0 saturated carbocycles. The Labute approximate surface area is 163 Å². The second kappa shape index (κ2) is 8.52. The predicted molar refractivity (Wildman–Crippen MR) is 107 cm³/mol. The van der Waals surface area contributed by atoms with E-state index in [4.69, 9.17) is 17.3 Å². The van der Waals surface area contributed by atoms with Gasteiger partial charge in [0.15, 0.2) is 0 Å². The number of nitrogens with two attached hydrogens (primary N) is 1. The van der Waals surface area contributed by atoms with Gasteiger partial charge in [-0.25, -0.2) is 0 Å². The Balaban J connectivity index is 1.70. The summed E-state index contributed by atoms with van der Waals surface area (Å²) in [5.41, 5.74) is 9.02. The first-order valence-corrected chi connectivity index (χ1v) is 8.91. The Hall–Kier alpha value is -3.11. The molecule has 3 rings (SSSR count). The Bertz CT molecular complexity index is 923. The molecule has 0 unspecified atom stereocenters. The van der Waals surface area contributed by atoms with E-state index >= 15 is 0 Å². The van der Waals surface area contributed by atoms with Gasteiger partial charge in [0.25, 0.3) is 5.91 Å². The highest BCUT2D eigenvalue weighted by atomic mass is 35.5. The molecule has 0 aliphatic carbocycles. The summed E-state index contributed by atoms with van der Waals surface area (Å²) in [4.78, 5) is 24.1. The maximum absolute atomic E-state index is 12.3. The predicted octanol–water partition coefficient (Wildman–Crippen LogP) is 3.83. The van der Waals surface area contributed by atoms with Crippen LogP contribution >= 0.6 is 11.6 Å². The molecule has 5 heteroatoms. The lowest BCUT2D eigenvalue weighted by Crippen LogP contribution is -2.45. The van der Waals surface area contributed by atoms with E-state index in [0.29, 0.717) is 17.0 Å². The van der Waals surface area contributed by atoms with Crippen LogP contribution in [0.5, 0.6) is 0 Å². The van der Waals surface area contributed by atoms with Gasteiger partial charge in [-0.1, -0.05) is 66.2 Å². The molecule has 3 aromatic carbocycles. The summed E-state index contributed by atoms with van der Waals surface area (Å²) >= 11 is 5.83. The minimum absolute atomic E-state index is 0.323. The van der Waals surface area contributed by atoms with Crippen LogP contribution in [0.4, 0.5) is 0 Å². The lowest BCUT2D eigenvalue weighted by atomic mass is 10.00.